The largest absolute Gasteiger partial charge is 0.466 e. The minimum Gasteiger partial charge on any atom is -0.466 e. The average Bonchev–Trinajstić information content (AvgIpc) is 2.47. The first kappa shape index (κ1) is 15.1. The molecule has 0 saturated carbocycles. The second-order valence-electron chi connectivity index (χ2n) is 5.29. The van der Waals surface area contributed by atoms with Crippen molar-refractivity contribution in [2.45, 2.75) is 26.1 Å². The van der Waals surface area contributed by atoms with Crippen LogP contribution in [-0.2, 0) is 9.53 Å². The molecule has 2 atom stereocenters. The highest BCUT2D eigenvalue weighted by Gasteiger charge is 2.37. The van der Waals surface area contributed by atoms with Gasteiger partial charge in [-0.1, -0.05) is 30.3 Å². The Morgan fingerprint density at radius 3 is 2.75 bits per heavy atom. The van der Waals surface area contributed by atoms with Crippen LogP contribution in [0.2, 0.25) is 6.82 Å². The summed E-state index contributed by atoms with van der Waals surface area (Å²) in [6.45, 7) is 5.43. The zero-order valence-electron chi connectivity index (χ0n) is 12.2. The second kappa shape index (κ2) is 6.91. The number of ether oxygens (including phenoxy) is 1. The molecular weight excluding hydrogens is 253 g/mol. The van der Waals surface area contributed by atoms with Gasteiger partial charge in [0.2, 0.25) is 0 Å². The molecule has 1 saturated heterocycles. The molecule has 0 aliphatic carbocycles. The van der Waals surface area contributed by atoms with Crippen molar-refractivity contribution in [1.82, 2.24) is 4.81 Å². The number of rotatable bonds is 4. The zero-order chi connectivity index (χ0) is 14.5. The maximum atomic E-state index is 12.2. The minimum atomic E-state index is -0.482. The van der Waals surface area contributed by atoms with Gasteiger partial charge >= 0.3 is 13.0 Å². The van der Waals surface area contributed by atoms with E-state index in [1.54, 1.807) is 6.82 Å². The third kappa shape index (κ3) is 3.41. The van der Waals surface area contributed by atoms with Crippen molar-refractivity contribution in [2.75, 3.05) is 19.7 Å². The van der Waals surface area contributed by atoms with Gasteiger partial charge in [-0.2, -0.15) is 0 Å². The first-order valence-corrected chi connectivity index (χ1v) is 7.27. The van der Waals surface area contributed by atoms with Gasteiger partial charge in [0.25, 0.3) is 0 Å². The number of carbonyl (C=O) groups is 1. The number of nitrogens with zero attached hydrogens (tertiary/aromatic N) is 1. The van der Waals surface area contributed by atoms with E-state index in [9.17, 15) is 9.82 Å². The third-order valence-electron chi connectivity index (χ3n) is 3.99. The fraction of sp³-hybridized carbons (Fsp3) is 0.533. The van der Waals surface area contributed by atoms with Crippen molar-refractivity contribution < 1.29 is 14.6 Å². The van der Waals surface area contributed by atoms with Crippen molar-refractivity contribution in [3.63, 3.8) is 0 Å². The summed E-state index contributed by atoms with van der Waals surface area (Å²) in [5.74, 6) is -0.155. The molecule has 1 aliphatic heterocycles. The number of hydrogen-bond acceptors (Lipinski definition) is 4. The van der Waals surface area contributed by atoms with Gasteiger partial charge in [-0.3, -0.25) is 4.79 Å². The molecule has 1 heterocycles. The van der Waals surface area contributed by atoms with Crippen LogP contribution in [0.1, 0.15) is 24.8 Å². The predicted octanol–water partition coefficient (Wildman–Crippen LogP) is 1.77. The van der Waals surface area contributed by atoms with Crippen molar-refractivity contribution in [1.29, 1.82) is 0 Å². The molecule has 1 N–H and O–H groups in total. The molecule has 5 heteroatoms. The summed E-state index contributed by atoms with van der Waals surface area (Å²) in [5, 5.41) is 9.78. The van der Waals surface area contributed by atoms with Gasteiger partial charge in [-0.25, -0.2) is 0 Å². The number of carbonyl (C=O) groups excluding carboxylic acids is 1. The van der Waals surface area contributed by atoms with E-state index >= 15 is 0 Å². The van der Waals surface area contributed by atoms with Crippen molar-refractivity contribution in [3.8, 4) is 0 Å². The van der Waals surface area contributed by atoms with Crippen LogP contribution in [-0.4, -0.2) is 42.6 Å². The molecule has 0 amide bonds. The molecule has 20 heavy (non-hydrogen) atoms. The standard InChI is InChI=1S/C15H22BNO3/c1-3-20-15(18)13-9-10-17(16(2)19)11-14(13)12-7-5-4-6-8-12/h4-8,13-14,19H,3,9-11H2,1-2H3/t13-,14+/m1/s1. The Morgan fingerprint density at radius 1 is 1.45 bits per heavy atom. The Labute approximate surface area is 120 Å². The van der Waals surface area contributed by atoms with Gasteiger partial charge in [0.1, 0.15) is 0 Å². The Hall–Kier alpha value is -1.33. The van der Waals surface area contributed by atoms with E-state index in [1.807, 2.05) is 42.1 Å². The molecular formula is C15H22BNO3. The smallest absolute Gasteiger partial charge is 0.376 e. The maximum Gasteiger partial charge on any atom is 0.376 e. The van der Waals surface area contributed by atoms with Crippen LogP contribution in [0.3, 0.4) is 0 Å². The molecule has 0 radical (unpaired) electrons. The van der Waals surface area contributed by atoms with E-state index in [0.717, 1.165) is 18.5 Å². The van der Waals surface area contributed by atoms with E-state index in [-0.39, 0.29) is 17.8 Å². The van der Waals surface area contributed by atoms with Crippen LogP contribution < -0.4 is 0 Å². The summed E-state index contributed by atoms with van der Waals surface area (Å²) < 4.78 is 5.21. The fourth-order valence-corrected chi connectivity index (χ4v) is 2.89. The predicted molar refractivity (Wildman–Crippen MR) is 79.3 cm³/mol. The SMILES string of the molecule is CCOC(=O)[C@@H]1CCN(B(C)O)C[C@H]1c1ccccc1. The molecule has 1 fully saturated rings. The topological polar surface area (TPSA) is 49.8 Å². The third-order valence-corrected chi connectivity index (χ3v) is 3.99. The lowest BCUT2D eigenvalue weighted by molar-refractivity contribution is -0.150. The second-order valence-corrected chi connectivity index (χ2v) is 5.29. The number of piperidine rings is 1. The Kier molecular flexibility index (Phi) is 5.20. The van der Waals surface area contributed by atoms with Crippen LogP contribution in [0.4, 0.5) is 0 Å². The molecule has 1 aromatic carbocycles. The quantitative estimate of drug-likeness (QED) is 0.672. The zero-order valence-corrected chi connectivity index (χ0v) is 12.2. The van der Waals surface area contributed by atoms with E-state index in [2.05, 4.69) is 0 Å². The summed E-state index contributed by atoms with van der Waals surface area (Å²) in [4.78, 5) is 14.2. The van der Waals surface area contributed by atoms with Crippen molar-refractivity contribution >= 4 is 13.0 Å². The molecule has 0 spiro atoms. The van der Waals surface area contributed by atoms with E-state index in [4.69, 9.17) is 4.74 Å². The highest BCUT2D eigenvalue weighted by molar-refractivity contribution is 6.45. The average molecular weight is 275 g/mol. The molecule has 1 aromatic rings. The molecule has 4 nitrogen and oxygen atoms in total. The molecule has 2 rings (SSSR count). The van der Waals surface area contributed by atoms with Gasteiger partial charge in [-0.05, 0) is 38.8 Å². The summed E-state index contributed by atoms with van der Waals surface area (Å²) in [5.41, 5.74) is 1.14. The Morgan fingerprint density at radius 2 is 2.15 bits per heavy atom. The monoisotopic (exact) mass is 275 g/mol. The van der Waals surface area contributed by atoms with Gasteiger partial charge in [-0.15, -0.1) is 0 Å². The molecule has 0 unspecified atom stereocenters. The summed E-state index contributed by atoms with van der Waals surface area (Å²) in [6.07, 6.45) is 0.725. The molecule has 1 aliphatic rings. The first-order chi connectivity index (χ1) is 9.63. The van der Waals surface area contributed by atoms with Crippen LogP contribution in [0.5, 0.6) is 0 Å². The fourth-order valence-electron chi connectivity index (χ4n) is 2.89. The lowest BCUT2D eigenvalue weighted by atomic mass is 9.74. The van der Waals surface area contributed by atoms with Gasteiger partial charge < -0.3 is 14.6 Å². The van der Waals surface area contributed by atoms with E-state index < -0.39 is 7.05 Å². The highest BCUT2D eigenvalue weighted by atomic mass is 16.5. The highest BCUT2D eigenvalue weighted by Crippen LogP contribution is 2.33. The number of benzene rings is 1. The van der Waals surface area contributed by atoms with Crippen LogP contribution in [0, 0.1) is 5.92 Å². The van der Waals surface area contributed by atoms with Gasteiger partial charge in [0.05, 0.1) is 12.5 Å². The van der Waals surface area contributed by atoms with Crippen molar-refractivity contribution in [3.05, 3.63) is 35.9 Å². The normalized spacial score (nSPS) is 23.4. The molecule has 0 bridgehead atoms. The lowest BCUT2D eigenvalue weighted by Crippen LogP contribution is -2.48. The van der Waals surface area contributed by atoms with Gasteiger partial charge in [0.15, 0.2) is 0 Å². The summed E-state index contributed by atoms with van der Waals surface area (Å²) >= 11 is 0. The number of hydrogen-bond donors (Lipinski definition) is 1. The van der Waals surface area contributed by atoms with Crippen LogP contribution in [0.15, 0.2) is 30.3 Å². The van der Waals surface area contributed by atoms with Crippen molar-refractivity contribution in [2.24, 2.45) is 5.92 Å². The van der Waals surface area contributed by atoms with Crippen LogP contribution in [0.25, 0.3) is 0 Å². The summed E-state index contributed by atoms with van der Waals surface area (Å²) in [6, 6.07) is 10.0. The summed E-state index contributed by atoms with van der Waals surface area (Å²) in [7, 11) is -0.482. The lowest BCUT2D eigenvalue weighted by Gasteiger charge is -2.38. The molecule has 0 aromatic heterocycles. The maximum absolute atomic E-state index is 12.2. The van der Waals surface area contributed by atoms with E-state index in [1.165, 1.54) is 0 Å². The van der Waals surface area contributed by atoms with E-state index in [0.29, 0.717) is 13.2 Å². The first-order valence-electron chi connectivity index (χ1n) is 7.27. The Bertz CT molecular complexity index is 438. The van der Waals surface area contributed by atoms with Crippen LogP contribution >= 0.6 is 0 Å². The number of esters is 1. The molecule has 108 valence electrons. The Balaban J connectivity index is 2.20. The van der Waals surface area contributed by atoms with Gasteiger partial charge in [0, 0.05) is 5.92 Å². The minimum absolute atomic E-state index is 0.0820.